The molecule has 0 aliphatic carbocycles. The number of hydrogen-bond donors (Lipinski definition) is 1. The molecule has 1 aliphatic rings. The summed E-state index contributed by atoms with van der Waals surface area (Å²) in [5.74, 6) is 0.741. The Balaban J connectivity index is 1.63. The maximum absolute atomic E-state index is 4.38. The van der Waals surface area contributed by atoms with E-state index >= 15 is 0 Å². The van der Waals surface area contributed by atoms with E-state index in [9.17, 15) is 0 Å². The van der Waals surface area contributed by atoms with Gasteiger partial charge in [0.1, 0.15) is 0 Å². The maximum Gasteiger partial charge on any atom is 0.218 e. The Morgan fingerprint density at radius 3 is 2.77 bits per heavy atom. The van der Waals surface area contributed by atoms with E-state index in [1.54, 1.807) is 11.3 Å². The lowest BCUT2D eigenvalue weighted by molar-refractivity contribution is 0.533. The van der Waals surface area contributed by atoms with E-state index in [4.69, 9.17) is 0 Å². The summed E-state index contributed by atoms with van der Waals surface area (Å²) in [6.45, 7) is 8.67. The molecule has 0 bridgehead atoms. The molecule has 0 unspecified atom stereocenters. The zero-order valence-electron chi connectivity index (χ0n) is 13.5. The molecule has 6 heteroatoms. The second kappa shape index (κ2) is 7.24. The minimum absolute atomic E-state index is 0.741. The molecule has 120 valence electrons. The summed E-state index contributed by atoms with van der Waals surface area (Å²) in [6, 6.07) is 4.23. The SMILES string of the molecule is CC(C)CCNCc1cccn1-c1nnc(N2CCCC2)s1. The fraction of sp³-hybridized carbons (Fsp3) is 0.625. The van der Waals surface area contributed by atoms with Gasteiger partial charge in [0.05, 0.1) is 0 Å². The van der Waals surface area contributed by atoms with Crippen molar-refractivity contribution in [1.29, 1.82) is 0 Å². The molecule has 0 aromatic carbocycles. The average molecular weight is 319 g/mol. The maximum atomic E-state index is 4.38. The van der Waals surface area contributed by atoms with Crippen LogP contribution >= 0.6 is 11.3 Å². The van der Waals surface area contributed by atoms with E-state index < -0.39 is 0 Å². The van der Waals surface area contributed by atoms with Crippen LogP contribution in [-0.4, -0.2) is 34.4 Å². The summed E-state index contributed by atoms with van der Waals surface area (Å²) < 4.78 is 2.15. The normalized spacial score (nSPS) is 15.1. The summed E-state index contributed by atoms with van der Waals surface area (Å²) >= 11 is 1.69. The number of nitrogens with zero attached hydrogens (tertiary/aromatic N) is 4. The first-order chi connectivity index (χ1) is 10.7. The Hall–Kier alpha value is -1.40. The molecule has 5 nitrogen and oxygen atoms in total. The van der Waals surface area contributed by atoms with Gasteiger partial charge < -0.3 is 10.2 Å². The number of anilines is 1. The van der Waals surface area contributed by atoms with Gasteiger partial charge in [0.15, 0.2) is 0 Å². The molecule has 1 aliphatic heterocycles. The quantitative estimate of drug-likeness (QED) is 0.797. The molecule has 0 spiro atoms. The van der Waals surface area contributed by atoms with Crippen LogP contribution in [0.4, 0.5) is 5.13 Å². The van der Waals surface area contributed by atoms with Crippen LogP contribution in [-0.2, 0) is 6.54 Å². The lowest BCUT2D eigenvalue weighted by atomic mass is 10.1. The molecule has 2 aromatic heterocycles. The van der Waals surface area contributed by atoms with Crippen molar-refractivity contribution in [1.82, 2.24) is 20.1 Å². The van der Waals surface area contributed by atoms with Gasteiger partial charge in [-0.05, 0) is 43.9 Å². The Morgan fingerprint density at radius 1 is 1.23 bits per heavy atom. The Morgan fingerprint density at radius 2 is 2.00 bits per heavy atom. The Kier molecular flexibility index (Phi) is 5.10. The second-order valence-corrected chi connectivity index (χ2v) is 7.22. The molecule has 3 heterocycles. The van der Waals surface area contributed by atoms with E-state index in [1.165, 1.54) is 25.0 Å². The summed E-state index contributed by atoms with van der Waals surface area (Å²) in [5.41, 5.74) is 1.24. The minimum atomic E-state index is 0.741. The van der Waals surface area contributed by atoms with E-state index in [0.717, 1.165) is 42.4 Å². The number of aromatic nitrogens is 3. The van der Waals surface area contributed by atoms with Gasteiger partial charge in [0, 0.05) is 31.5 Å². The van der Waals surface area contributed by atoms with Crippen molar-refractivity contribution in [2.45, 2.75) is 39.7 Å². The van der Waals surface area contributed by atoms with E-state index in [-0.39, 0.29) is 0 Å². The van der Waals surface area contributed by atoms with Crippen LogP contribution in [0.15, 0.2) is 18.3 Å². The van der Waals surface area contributed by atoms with Crippen LogP contribution in [0.2, 0.25) is 0 Å². The largest absolute Gasteiger partial charge is 0.347 e. The first-order valence-electron chi connectivity index (χ1n) is 8.20. The summed E-state index contributed by atoms with van der Waals surface area (Å²) in [4.78, 5) is 2.34. The Bertz CT molecular complexity index is 583. The van der Waals surface area contributed by atoms with Gasteiger partial charge >= 0.3 is 0 Å². The molecule has 0 radical (unpaired) electrons. The van der Waals surface area contributed by atoms with Crippen molar-refractivity contribution in [3.63, 3.8) is 0 Å². The fourth-order valence-corrected chi connectivity index (χ4v) is 3.61. The molecule has 1 saturated heterocycles. The number of hydrogen-bond acceptors (Lipinski definition) is 5. The summed E-state index contributed by atoms with van der Waals surface area (Å²) in [6.07, 6.45) is 5.82. The van der Waals surface area contributed by atoms with Crippen LogP contribution in [0, 0.1) is 5.92 Å². The molecule has 0 atom stereocenters. The lowest BCUT2D eigenvalue weighted by Gasteiger charge is -2.11. The third-order valence-electron chi connectivity index (χ3n) is 4.02. The highest BCUT2D eigenvalue weighted by atomic mass is 32.1. The average Bonchev–Trinajstić information content (AvgIpc) is 3.21. The number of rotatable bonds is 7. The van der Waals surface area contributed by atoms with Crippen LogP contribution in [0.5, 0.6) is 0 Å². The highest BCUT2D eigenvalue weighted by Gasteiger charge is 2.17. The second-order valence-electron chi connectivity index (χ2n) is 6.29. The molecular weight excluding hydrogens is 294 g/mol. The van der Waals surface area contributed by atoms with Gasteiger partial charge in [0.2, 0.25) is 10.3 Å². The zero-order valence-corrected chi connectivity index (χ0v) is 14.3. The van der Waals surface area contributed by atoms with Crippen molar-refractivity contribution in [2.75, 3.05) is 24.5 Å². The van der Waals surface area contributed by atoms with Crippen molar-refractivity contribution in [3.05, 3.63) is 24.0 Å². The highest BCUT2D eigenvalue weighted by molar-refractivity contribution is 7.17. The van der Waals surface area contributed by atoms with Crippen molar-refractivity contribution < 1.29 is 0 Å². The third-order valence-corrected chi connectivity index (χ3v) is 5.01. The summed E-state index contributed by atoms with van der Waals surface area (Å²) in [7, 11) is 0. The van der Waals surface area contributed by atoms with Crippen LogP contribution in [0.1, 0.15) is 38.8 Å². The zero-order chi connectivity index (χ0) is 15.4. The first kappa shape index (κ1) is 15.5. The van der Waals surface area contributed by atoms with Crippen LogP contribution in [0.25, 0.3) is 5.13 Å². The topological polar surface area (TPSA) is 46.0 Å². The molecule has 0 saturated carbocycles. The molecule has 22 heavy (non-hydrogen) atoms. The van der Waals surface area contributed by atoms with E-state index in [2.05, 4.69) is 57.2 Å². The van der Waals surface area contributed by atoms with Crippen molar-refractivity contribution in [2.24, 2.45) is 5.92 Å². The molecule has 1 fully saturated rings. The fourth-order valence-electron chi connectivity index (χ4n) is 2.70. The van der Waals surface area contributed by atoms with Crippen LogP contribution < -0.4 is 10.2 Å². The monoisotopic (exact) mass is 319 g/mol. The predicted octanol–water partition coefficient (Wildman–Crippen LogP) is 3.06. The van der Waals surface area contributed by atoms with Gasteiger partial charge in [-0.3, -0.25) is 4.57 Å². The smallest absolute Gasteiger partial charge is 0.218 e. The molecule has 1 N–H and O–H groups in total. The number of nitrogens with one attached hydrogen (secondary N) is 1. The summed E-state index contributed by atoms with van der Waals surface area (Å²) in [5, 5.41) is 14.3. The molecule has 0 amide bonds. The lowest BCUT2D eigenvalue weighted by Crippen LogP contribution is -2.18. The van der Waals surface area contributed by atoms with E-state index in [1.807, 2.05) is 0 Å². The van der Waals surface area contributed by atoms with Crippen molar-refractivity contribution in [3.8, 4) is 5.13 Å². The third kappa shape index (κ3) is 3.67. The van der Waals surface area contributed by atoms with Gasteiger partial charge in [-0.2, -0.15) is 0 Å². The molecule has 3 rings (SSSR count). The van der Waals surface area contributed by atoms with Crippen molar-refractivity contribution >= 4 is 16.5 Å². The van der Waals surface area contributed by atoms with Gasteiger partial charge in [0.25, 0.3) is 0 Å². The molecule has 2 aromatic rings. The van der Waals surface area contributed by atoms with Gasteiger partial charge in [-0.1, -0.05) is 25.2 Å². The van der Waals surface area contributed by atoms with Gasteiger partial charge in [-0.25, -0.2) is 0 Å². The minimum Gasteiger partial charge on any atom is -0.347 e. The highest BCUT2D eigenvalue weighted by Crippen LogP contribution is 2.27. The van der Waals surface area contributed by atoms with E-state index in [0.29, 0.717) is 0 Å². The van der Waals surface area contributed by atoms with Gasteiger partial charge in [-0.15, -0.1) is 10.2 Å². The first-order valence-corrected chi connectivity index (χ1v) is 9.01. The standard InChI is InChI=1S/C16H25N5S/c1-13(2)7-8-17-12-14-6-5-11-21(14)16-19-18-15(22-16)20-9-3-4-10-20/h5-6,11,13,17H,3-4,7-10,12H2,1-2H3. The molecular formula is C16H25N5S. The predicted molar refractivity (Wildman–Crippen MR) is 91.8 cm³/mol. The van der Waals surface area contributed by atoms with Crippen LogP contribution in [0.3, 0.4) is 0 Å². The Labute approximate surface area is 136 Å².